The van der Waals surface area contributed by atoms with E-state index < -0.39 is 5.69 Å². The molecule has 0 bridgehead atoms. The monoisotopic (exact) mass is 337 g/mol. The number of aryl methyl sites for hydroxylation is 2. The summed E-state index contributed by atoms with van der Waals surface area (Å²) in [6, 6.07) is 0. The molecule has 1 aliphatic heterocycles. The molecule has 0 saturated carbocycles. The molecule has 8 heteroatoms. The zero-order valence-electron chi connectivity index (χ0n) is 13.7. The lowest BCUT2D eigenvalue weighted by Gasteiger charge is -2.25. The van der Waals surface area contributed by atoms with Crippen molar-refractivity contribution in [3.8, 4) is 0 Å². The van der Waals surface area contributed by atoms with Crippen molar-refractivity contribution in [1.29, 1.82) is 0 Å². The average Bonchev–Trinajstić information content (AvgIpc) is 2.93. The zero-order chi connectivity index (χ0) is 16.4. The van der Waals surface area contributed by atoms with E-state index in [4.69, 9.17) is 0 Å². The second-order valence-corrected chi connectivity index (χ2v) is 6.94. The molecule has 3 rings (SSSR count). The van der Waals surface area contributed by atoms with Gasteiger partial charge in [0.05, 0.1) is 0 Å². The highest BCUT2D eigenvalue weighted by Gasteiger charge is 2.17. The first-order chi connectivity index (χ1) is 11.1. The summed E-state index contributed by atoms with van der Waals surface area (Å²) in [6.07, 6.45) is 3.91. The molecule has 1 N–H and O–H groups in total. The van der Waals surface area contributed by atoms with Crippen LogP contribution in [0.4, 0.5) is 0 Å². The average molecular weight is 337 g/mol. The van der Waals surface area contributed by atoms with Crippen molar-refractivity contribution in [3.63, 3.8) is 0 Å². The Hall–Kier alpha value is -1.54. The number of piperidine rings is 1. The molecule has 23 heavy (non-hydrogen) atoms. The first kappa shape index (κ1) is 16.3. The fourth-order valence-corrected chi connectivity index (χ4v) is 4.13. The van der Waals surface area contributed by atoms with Gasteiger partial charge in [0.25, 0.3) is 5.56 Å². The maximum Gasteiger partial charge on any atom is 0.329 e. The number of likely N-dealkylation sites (tertiary alicyclic amines) is 1. The summed E-state index contributed by atoms with van der Waals surface area (Å²) in [6.45, 7) is 6.04. The van der Waals surface area contributed by atoms with Crippen LogP contribution in [-0.4, -0.2) is 49.4 Å². The highest BCUT2D eigenvalue weighted by molar-refractivity contribution is 7.99. The number of aromatic nitrogens is 4. The molecule has 3 heterocycles. The van der Waals surface area contributed by atoms with Gasteiger partial charge < -0.3 is 9.47 Å². The molecule has 7 nitrogen and oxygen atoms in total. The number of rotatable bonds is 5. The third kappa shape index (κ3) is 3.23. The molecule has 2 aromatic rings. The van der Waals surface area contributed by atoms with Gasteiger partial charge in [-0.2, -0.15) is 0 Å². The normalized spacial score (nSPS) is 16.3. The molecule has 0 atom stereocenters. The molecule has 1 saturated heterocycles. The summed E-state index contributed by atoms with van der Waals surface area (Å²) in [7, 11) is 1.63. The molecule has 2 aromatic heterocycles. The summed E-state index contributed by atoms with van der Waals surface area (Å²) < 4.78 is 3.30. The van der Waals surface area contributed by atoms with Crippen molar-refractivity contribution >= 4 is 22.9 Å². The Labute approximate surface area is 138 Å². The van der Waals surface area contributed by atoms with Gasteiger partial charge in [0.15, 0.2) is 16.3 Å². The van der Waals surface area contributed by atoms with E-state index in [-0.39, 0.29) is 5.56 Å². The molecule has 0 aliphatic carbocycles. The van der Waals surface area contributed by atoms with Gasteiger partial charge in [0.2, 0.25) is 0 Å². The van der Waals surface area contributed by atoms with Crippen molar-refractivity contribution in [1.82, 2.24) is 24.0 Å². The number of aromatic amines is 1. The SMILES string of the molecule is CCn1c(SCCN2CCCCC2)nc2c1c(=O)[nH]c(=O)n2C. The lowest BCUT2D eigenvalue weighted by atomic mass is 10.1. The van der Waals surface area contributed by atoms with Gasteiger partial charge >= 0.3 is 5.69 Å². The van der Waals surface area contributed by atoms with Gasteiger partial charge in [-0.15, -0.1) is 0 Å². The van der Waals surface area contributed by atoms with Crippen molar-refractivity contribution in [3.05, 3.63) is 20.8 Å². The standard InChI is InChI=1S/C15H23N5O2S/c1-3-20-11-12(18(2)14(22)17-13(11)21)16-15(20)23-10-9-19-7-5-4-6-8-19/h3-10H2,1-2H3,(H,17,21,22). The van der Waals surface area contributed by atoms with Crippen LogP contribution in [0.25, 0.3) is 11.2 Å². The predicted molar refractivity (Wildman–Crippen MR) is 92.3 cm³/mol. The quantitative estimate of drug-likeness (QED) is 0.825. The molecular formula is C15H23N5O2S. The topological polar surface area (TPSA) is 75.9 Å². The van der Waals surface area contributed by atoms with E-state index in [1.165, 1.54) is 36.9 Å². The van der Waals surface area contributed by atoms with Crippen molar-refractivity contribution in [2.75, 3.05) is 25.4 Å². The minimum absolute atomic E-state index is 0.361. The lowest BCUT2D eigenvalue weighted by molar-refractivity contribution is 0.242. The van der Waals surface area contributed by atoms with Gasteiger partial charge in [-0.05, 0) is 32.9 Å². The van der Waals surface area contributed by atoms with E-state index in [2.05, 4.69) is 14.9 Å². The number of nitrogens with zero attached hydrogens (tertiary/aromatic N) is 4. The number of thioether (sulfide) groups is 1. The zero-order valence-corrected chi connectivity index (χ0v) is 14.5. The second kappa shape index (κ2) is 6.92. The highest BCUT2D eigenvalue weighted by Crippen LogP contribution is 2.21. The Bertz CT molecular complexity index is 801. The Kier molecular flexibility index (Phi) is 4.91. The largest absolute Gasteiger partial charge is 0.329 e. The molecule has 0 amide bonds. The Morgan fingerprint density at radius 2 is 1.96 bits per heavy atom. The van der Waals surface area contributed by atoms with Crippen LogP contribution in [0.2, 0.25) is 0 Å². The summed E-state index contributed by atoms with van der Waals surface area (Å²) in [5.74, 6) is 0.940. The number of hydrogen-bond donors (Lipinski definition) is 1. The summed E-state index contributed by atoms with van der Waals surface area (Å²) in [4.78, 5) is 33.2. The Balaban J connectivity index is 1.83. The highest BCUT2D eigenvalue weighted by atomic mass is 32.2. The maximum atomic E-state index is 12.1. The molecule has 0 unspecified atom stereocenters. The van der Waals surface area contributed by atoms with Crippen LogP contribution < -0.4 is 11.2 Å². The lowest BCUT2D eigenvalue weighted by Crippen LogP contribution is -2.31. The van der Waals surface area contributed by atoms with Gasteiger partial charge in [-0.3, -0.25) is 14.3 Å². The predicted octanol–water partition coefficient (Wildman–Crippen LogP) is 1.02. The fourth-order valence-electron chi connectivity index (χ4n) is 3.07. The first-order valence-electron chi connectivity index (χ1n) is 8.16. The molecule has 126 valence electrons. The minimum atomic E-state index is -0.423. The van der Waals surface area contributed by atoms with E-state index in [0.717, 1.165) is 17.5 Å². The van der Waals surface area contributed by atoms with Gasteiger partial charge in [0, 0.05) is 25.9 Å². The summed E-state index contributed by atoms with van der Waals surface area (Å²) >= 11 is 1.66. The van der Waals surface area contributed by atoms with E-state index in [1.807, 2.05) is 11.5 Å². The van der Waals surface area contributed by atoms with Crippen LogP contribution >= 0.6 is 11.8 Å². The molecular weight excluding hydrogens is 314 g/mol. The summed E-state index contributed by atoms with van der Waals surface area (Å²) in [5.41, 5.74) is 0.157. The van der Waals surface area contributed by atoms with Crippen molar-refractivity contribution in [2.45, 2.75) is 37.9 Å². The minimum Gasteiger partial charge on any atom is -0.313 e. The third-order valence-electron chi connectivity index (χ3n) is 4.38. The van der Waals surface area contributed by atoms with Crippen molar-refractivity contribution in [2.24, 2.45) is 7.05 Å². The fraction of sp³-hybridized carbons (Fsp3) is 0.667. The Morgan fingerprint density at radius 1 is 1.22 bits per heavy atom. The molecule has 1 aliphatic rings. The van der Waals surface area contributed by atoms with E-state index in [9.17, 15) is 9.59 Å². The van der Waals surface area contributed by atoms with Gasteiger partial charge in [0.1, 0.15) is 0 Å². The van der Waals surface area contributed by atoms with Gasteiger partial charge in [-0.1, -0.05) is 18.2 Å². The number of hydrogen-bond acceptors (Lipinski definition) is 5. The van der Waals surface area contributed by atoms with Crippen LogP contribution in [0.15, 0.2) is 14.7 Å². The van der Waals surface area contributed by atoms with Crippen LogP contribution in [0, 0.1) is 0 Å². The van der Waals surface area contributed by atoms with Crippen LogP contribution in [0.3, 0.4) is 0 Å². The van der Waals surface area contributed by atoms with Crippen molar-refractivity contribution < 1.29 is 0 Å². The first-order valence-corrected chi connectivity index (χ1v) is 9.15. The molecule has 1 fully saturated rings. The molecule has 0 spiro atoms. The number of imidazole rings is 1. The molecule has 0 radical (unpaired) electrons. The molecule has 0 aromatic carbocycles. The summed E-state index contributed by atoms with van der Waals surface area (Å²) in [5, 5.41) is 0.811. The Morgan fingerprint density at radius 3 is 2.65 bits per heavy atom. The third-order valence-corrected chi connectivity index (χ3v) is 5.33. The van der Waals surface area contributed by atoms with Gasteiger partial charge in [-0.25, -0.2) is 9.78 Å². The second-order valence-electron chi connectivity index (χ2n) is 5.88. The number of H-pyrrole nitrogens is 1. The smallest absolute Gasteiger partial charge is 0.313 e. The van der Waals surface area contributed by atoms with E-state index >= 15 is 0 Å². The maximum absolute atomic E-state index is 12.1. The van der Waals surface area contributed by atoms with Crippen LogP contribution in [-0.2, 0) is 13.6 Å². The number of nitrogens with one attached hydrogen (secondary N) is 1. The van der Waals surface area contributed by atoms with E-state index in [0.29, 0.717) is 17.7 Å². The number of fused-ring (bicyclic) bond motifs is 1. The van der Waals surface area contributed by atoms with Crippen LogP contribution in [0.1, 0.15) is 26.2 Å². The van der Waals surface area contributed by atoms with Crippen LogP contribution in [0.5, 0.6) is 0 Å². The van der Waals surface area contributed by atoms with E-state index in [1.54, 1.807) is 18.8 Å².